The molecule has 2 heterocycles. The summed E-state index contributed by atoms with van der Waals surface area (Å²) < 4.78 is 2.01. The second kappa shape index (κ2) is 3.68. The van der Waals surface area contributed by atoms with Gasteiger partial charge in [0, 0.05) is 6.20 Å². The number of halogens is 1. The van der Waals surface area contributed by atoms with Crippen LogP contribution in [0.3, 0.4) is 0 Å². The molecule has 1 aromatic rings. The number of rotatable bonds is 1. The summed E-state index contributed by atoms with van der Waals surface area (Å²) in [5.41, 5.74) is 0.931. The van der Waals surface area contributed by atoms with E-state index in [1.807, 2.05) is 17.8 Å². The van der Waals surface area contributed by atoms with Crippen LogP contribution < -0.4 is 5.32 Å². The molecule has 1 aliphatic rings. The van der Waals surface area contributed by atoms with Gasteiger partial charge >= 0.3 is 0 Å². The van der Waals surface area contributed by atoms with Crippen molar-refractivity contribution >= 4 is 11.6 Å². The van der Waals surface area contributed by atoms with Crippen molar-refractivity contribution in [3.05, 3.63) is 16.9 Å². The number of aromatic nitrogens is 2. The summed E-state index contributed by atoms with van der Waals surface area (Å²) in [7, 11) is 0. The number of aryl methyl sites for hydroxylation is 1. The highest BCUT2D eigenvalue weighted by Gasteiger charge is 2.16. The van der Waals surface area contributed by atoms with E-state index in [9.17, 15) is 0 Å². The van der Waals surface area contributed by atoms with Gasteiger partial charge in [-0.1, -0.05) is 11.6 Å². The molecule has 2 rings (SSSR count). The van der Waals surface area contributed by atoms with Crippen LogP contribution in [0.2, 0.25) is 5.02 Å². The van der Waals surface area contributed by atoms with E-state index in [2.05, 4.69) is 10.4 Å². The predicted molar refractivity (Wildman–Crippen MR) is 53.1 cm³/mol. The number of nitrogens with one attached hydrogen (secondary N) is 1. The summed E-state index contributed by atoms with van der Waals surface area (Å²) in [6.07, 6.45) is 4.24. The van der Waals surface area contributed by atoms with Crippen LogP contribution in [0.25, 0.3) is 0 Å². The van der Waals surface area contributed by atoms with Gasteiger partial charge < -0.3 is 5.32 Å². The molecule has 72 valence electrons. The topological polar surface area (TPSA) is 29.9 Å². The van der Waals surface area contributed by atoms with E-state index in [0.717, 1.165) is 36.6 Å². The average molecular weight is 200 g/mol. The molecular formula is C9H14ClN3. The highest BCUT2D eigenvalue weighted by Crippen LogP contribution is 2.21. The monoisotopic (exact) mass is 199 g/mol. The van der Waals surface area contributed by atoms with Gasteiger partial charge in [-0.25, -0.2) is 0 Å². The number of piperidine rings is 1. The fourth-order valence-corrected chi connectivity index (χ4v) is 1.86. The molecule has 0 bridgehead atoms. The van der Waals surface area contributed by atoms with Crippen LogP contribution in [-0.4, -0.2) is 22.9 Å². The molecule has 0 atom stereocenters. The lowest BCUT2D eigenvalue weighted by atomic mass is 10.1. The molecule has 0 amide bonds. The van der Waals surface area contributed by atoms with Crippen molar-refractivity contribution in [1.82, 2.24) is 15.1 Å². The normalized spacial score (nSPS) is 19.2. The van der Waals surface area contributed by atoms with E-state index in [1.165, 1.54) is 0 Å². The molecule has 0 aromatic carbocycles. The Morgan fingerprint density at radius 1 is 1.54 bits per heavy atom. The van der Waals surface area contributed by atoms with Gasteiger partial charge in [0.1, 0.15) is 0 Å². The lowest BCUT2D eigenvalue weighted by Gasteiger charge is -2.22. The third kappa shape index (κ3) is 1.86. The molecule has 0 saturated carbocycles. The van der Waals surface area contributed by atoms with E-state index in [1.54, 1.807) is 0 Å². The van der Waals surface area contributed by atoms with Crippen molar-refractivity contribution in [1.29, 1.82) is 0 Å². The first-order chi connectivity index (χ1) is 6.27. The van der Waals surface area contributed by atoms with E-state index < -0.39 is 0 Å². The maximum atomic E-state index is 5.95. The summed E-state index contributed by atoms with van der Waals surface area (Å²) in [6, 6.07) is 0.535. The predicted octanol–water partition coefficient (Wildman–Crippen LogP) is 1.77. The molecule has 0 unspecified atom stereocenters. The molecule has 4 heteroatoms. The molecular weight excluding hydrogens is 186 g/mol. The molecule has 1 fully saturated rings. The molecule has 1 saturated heterocycles. The van der Waals surface area contributed by atoms with Crippen LogP contribution in [0.5, 0.6) is 0 Å². The first-order valence-corrected chi connectivity index (χ1v) is 5.07. The number of hydrogen-bond donors (Lipinski definition) is 1. The van der Waals surface area contributed by atoms with E-state index in [0.29, 0.717) is 6.04 Å². The first-order valence-electron chi connectivity index (χ1n) is 4.69. The van der Waals surface area contributed by atoms with Gasteiger partial charge in [-0.15, -0.1) is 0 Å². The number of hydrogen-bond acceptors (Lipinski definition) is 2. The summed E-state index contributed by atoms with van der Waals surface area (Å²) in [5.74, 6) is 0. The SMILES string of the molecule is Cc1nn(C2CCNCC2)cc1Cl. The molecule has 3 nitrogen and oxygen atoms in total. The van der Waals surface area contributed by atoms with Crippen molar-refractivity contribution in [2.24, 2.45) is 0 Å². The summed E-state index contributed by atoms with van der Waals surface area (Å²) in [5, 5.41) is 8.50. The standard InChI is InChI=1S/C9H14ClN3/c1-7-9(10)6-13(12-7)8-2-4-11-5-3-8/h6,8,11H,2-5H2,1H3. The van der Waals surface area contributed by atoms with Crippen LogP contribution in [0.4, 0.5) is 0 Å². The van der Waals surface area contributed by atoms with Gasteiger partial charge in [0.25, 0.3) is 0 Å². The zero-order chi connectivity index (χ0) is 9.26. The van der Waals surface area contributed by atoms with Gasteiger partial charge in [0.2, 0.25) is 0 Å². The molecule has 1 aliphatic heterocycles. The van der Waals surface area contributed by atoms with E-state index in [4.69, 9.17) is 11.6 Å². The molecule has 0 aliphatic carbocycles. The Bertz CT molecular complexity index is 270. The smallest absolute Gasteiger partial charge is 0.0815 e. The highest BCUT2D eigenvalue weighted by molar-refractivity contribution is 6.31. The Kier molecular flexibility index (Phi) is 2.56. The third-order valence-electron chi connectivity index (χ3n) is 2.54. The van der Waals surface area contributed by atoms with E-state index in [-0.39, 0.29) is 0 Å². The summed E-state index contributed by atoms with van der Waals surface area (Å²) in [4.78, 5) is 0. The average Bonchev–Trinajstić information content (AvgIpc) is 2.49. The van der Waals surface area contributed by atoms with Crippen LogP contribution in [0.1, 0.15) is 24.6 Å². The third-order valence-corrected chi connectivity index (χ3v) is 2.91. The minimum Gasteiger partial charge on any atom is -0.317 e. The van der Waals surface area contributed by atoms with Crippen LogP contribution in [-0.2, 0) is 0 Å². The second-order valence-corrected chi connectivity index (χ2v) is 3.93. The van der Waals surface area contributed by atoms with Crippen molar-refractivity contribution in [3.63, 3.8) is 0 Å². The summed E-state index contributed by atoms with van der Waals surface area (Å²) in [6.45, 7) is 4.11. The quantitative estimate of drug-likeness (QED) is 0.747. The van der Waals surface area contributed by atoms with Crippen molar-refractivity contribution in [2.75, 3.05) is 13.1 Å². The first kappa shape index (κ1) is 9.03. The van der Waals surface area contributed by atoms with Gasteiger partial charge in [-0.3, -0.25) is 4.68 Å². The van der Waals surface area contributed by atoms with Gasteiger partial charge in [0.05, 0.1) is 16.8 Å². The minimum atomic E-state index is 0.535. The van der Waals surface area contributed by atoms with Crippen molar-refractivity contribution in [2.45, 2.75) is 25.8 Å². The second-order valence-electron chi connectivity index (χ2n) is 3.52. The fraction of sp³-hybridized carbons (Fsp3) is 0.667. The molecule has 13 heavy (non-hydrogen) atoms. The minimum absolute atomic E-state index is 0.535. The Morgan fingerprint density at radius 3 is 2.77 bits per heavy atom. The molecule has 0 radical (unpaired) electrons. The molecule has 1 N–H and O–H groups in total. The highest BCUT2D eigenvalue weighted by atomic mass is 35.5. The zero-order valence-electron chi connectivity index (χ0n) is 7.76. The lowest BCUT2D eigenvalue weighted by molar-refractivity contribution is 0.342. The van der Waals surface area contributed by atoms with Crippen molar-refractivity contribution in [3.8, 4) is 0 Å². The van der Waals surface area contributed by atoms with Crippen LogP contribution >= 0.6 is 11.6 Å². The van der Waals surface area contributed by atoms with Crippen LogP contribution in [0, 0.1) is 6.92 Å². The maximum Gasteiger partial charge on any atom is 0.0815 e. The lowest BCUT2D eigenvalue weighted by Crippen LogP contribution is -2.29. The van der Waals surface area contributed by atoms with Gasteiger partial charge in [-0.2, -0.15) is 5.10 Å². The summed E-state index contributed by atoms with van der Waals surface area (Å²) >= 11 is 5.95. The van der Waals surface area contributed by atoms with Gasteiger partial charge in [-0.05, 0) is 32.9 Å². The zero-order valence-corrected chi connectivity index (χ0v) is 8.51. The molecule has 0 spiro atoms. The van der Waals surface area contributed by atoms with Gasteiger partial charge in [0.15, 0.2) is 0 Å². The largest absolute Gasteiger partial charge is 0.317 e. The Labute approximate surface area is 83.1 Å². The molecule has 1 aromatic heterocycles. The van der Waals surface area contributed by atoms with Crippen LogP contribution in [0.15, 0.2) is 6.20 Å². The van der Waals surface area contributed by atoms with Crippen molar-refractivity contribution < 1.29 is 0 Å². The van der Waals surface area contributed by atoms with E-state index >= 15 is 0 Å². The Balaban J connectivity index is 2.14. The Morgan fingerprint density at radius 2 is 2.23 bits per heavy atom. The maximum absolute atomic E-state index is 5.95. The fourth-order valence-electron chi connectivity index (χ4n) is 1.72. The number of nitrogens with zero attached hydrogens (tertiary/aromatic N) is 2. The Hall–Kier alpha value is -0.540.